The molecule has 3 heterocycles. The molecule has 0 aliphatic heterocycles. The highest BCUT2D eigenvalue weighted by Gasteiger charge is 2.20. The molecule has 3 aromatic heterocycles. The van der Waals surface area contributed by atoms with Gasteiger partial charge in [-0.05, 0) is 75.1 Å². The molecule has 0 amide bonds. The predicted octanol–water partition coefficient (Wildman–Crippen LogP) is 12.6. The van der Waals surface area contributed by atoms with Crippen molar-refractivity contribution in [1.29, 1.82) is 0 Å². The Kier molecular flexibility index (Phi) is 6.18. The van der Waals surface area contributed by atoms with Crippen molar-refractivity contribution in [2.24, 2.45) is 0 Å². The van der Waals surface area contributed by atoms with Crippen molar-refractivity contribution < 1.29 is 8.83 Å². The van der Waals surface area contributed by atoms with Gasteiger partial charge in [-0.2, -0.15) is 0 Å². The van der Waals surface area contributed by atoms with Gasteiger partial charge in [0.15, 0.2) is 17.5 Å². The zero-order chi connectivity index (χ0) is 34.2. The third kappa shape index (κ3) is 4.46. The first-order valence-corrected chi connectivity index (χ1v) is 17.3. The molecule has 8 aromatic carbocycles. The molecule has 0 saturated carbocycles. The van der Waals surface area contributed by atoms with Crippen molar-refractivity contribution in [3.63, 3.8) is 0 Å². The van der Waals surface area contributed by atoms with Gasteiger partial charge in [0.1, 0.15) is 22.3 Å². The summed E-state index contributed by atoms with van der Waals surface area (Å²) in [5.41, 5.74) is 8.12. The van der Waals surface area contributed by atoms with Crippen LogP contribution >= 0.6 is 0 Å². The van der Waals surface area contributed by atoms with E-state index in [0.717, 1.165) is 77.1 Å². The second kappa shape index (κ2) is 11.2. The Hall–Kier alpha value is -7.11. The summed E-state index contributed by atoms with van der Waals surface area (Å²) >= 11 is 0. The minimum absolute atomic E-state index is 0.562. The van der Waals surface area contributed by atoms with E-state index in [9.17, 15) is 0 Å². The molecule has 0 atom stereocenters. The number of fused-ring (bicyclic) bond motifs is 9. The van der Waals surface area contributed by atoms with Gasteiger partial charge in [0.2, 0.25) is 0 Å². The second-order valence-corrected chi connectivity index (χ2v) is 13.2. The smallest absolute Gasteiger partial charge is 0.164 e. The first kappa shape index (κ1) is 28.7. The Morgan fingerprint density at radius 3 is 1.81 bits per heavy atom. The third-order valence-electron chi connectivity index (χ3n) is 10.1. The highest BCUT2D eigenvalue weighted by Crippen LogP contribution is 2.40. The van der Waals surface area contributed by atoms with E-state index >= 15 is 0 Å². The molecule has 5 nitrogen and oxygen atoms in total. The first-order chi connectivity index (χ1) is 25.7. The average Bonchev–Trinajstić information content (AvgIpc) is 3.78. The number of nitrogens with zero attached hydrogens (tertiary/aromatic N) is 3. The molecular weight excluding hydrogens is 639 g/mol. The number of furan rings is 2. The van der Waals surface area contributed by atoms with Crippen molar-refractivity contribution in [3.05, 3.63) is 164 Å². The number of aromatic nitrogens is 3. The summed E-state index contributed by atoms with van der Waals surface area (Å²) in [5.74, 6) is 1.72. The van der Waals surface area contributed by atoms with E-state index in [1.807, 2.05) is 54.6 Å². The Bertz CT molecular complexity index is 3190. The van der Waals surface area contributed by atoms with Crippen LogP contribution in [0.5, 0.6) is 0 Å². The molecule has 0 aliphatic rings. The Morgan fingerprint density at radius 1 is 0.308 bits per heavy atom. The van der Waals surface area contributed by atoms with Crippen LogP contribution in [0, 0.1) is 0 Å². The Balaban J connectivity index is 1.21. The molecule has 11 rings (SSSR count). The van der Waals surface area contributed by atoms with E-state index < -0.39 is 0 Å². The fourth-order valence-corrected chi connectivity index (χ4v) is 7.68. The Labute approximate surface area is 297 Å². The van der Waals surface area contributed by atoms with Crippen molar-refractivity contribution in [2.75, 3.05) is 0 Å². The van der Waals surface area contributed by atoms with Crippen LogP contribution < -0.4 is 0 Å². The summed E-state index contributed by atoms with van der Waals surface area (Å²) in [6.45, 7) is 0. The highest BCUT2D eigenvalue weighted by atomic mass is 16.3. The molecule has 0 bridgehead atoms. The topological polar surface area (TPSA) is 65.0 Å². The fraction of sp³-hybridized carbons (Fsp3) is 0. The summed E-state index contributed by atoms with van der Waals surface area (Å²) in [6, 6.07) is 56.4. The van der Waals surface area contributed by atoms with Crippen LogP contribution in [0.15, 0.2) is 173 Å². The molecule has 0 aliphatic carbocycles. The fourth-order valence-electron chi connectivity index (χ4n) is 7.68. The van der Waals surface area contributed by atoms with E-state index in [1.165, 1.54) is 16.2 Å². The van der Waals surface area contributed by atoms with Gasteiger partial charge in [0.05, 0.1) is 0 Å². The van der Waals surface area contributed by atoms with Crippen LogP contribution in [0.4, 0.5) is 0 Å². The van der Waals surface area contributed by atoms with E-state index in [2.05, 4.69) is 109 Å². The van der Waals surface area contributed by atoms with Crippen molar-refractivity contribution in [1.82, 2.24) is 15.0 Å². The maximum atomic E-state index is 6.31. The maximum absolute atomic E-state index is 6.31. The maximum Gasteiger partial charge on any atom is 0.164 e. The minimum Gasteiger partial charge on any atom is -0.456 e. The number of hydrogen-bond donors (Lipinski definition) is 0. The lowest BCUT2D eigenvalue weighted by molar-refractivity contribution is 0.668. The number of rotatable bonds is 4. The van der Waals surface area contributed by atoms with Crippen molar-refractivity contribution >= 4 is 65.4 Å². The third-order valence-corrected chi connectivity index (χ3v) is 10.1. The van der Waals surface area contributed by atoms with Crippen molar-refractivity contribution in [3.8, 4) is 45.3 Å². The lowest BCUT2D eigenvalue weighted by atomic mass is 9.92. The molecule has 0 fully saturated rings. The molecule has 5 heteroatoms. The Morgan fingerprint density at radius 2 is 0.942 bits per heavy atom. The average molecular weight is 666 g/mol. The van der Waals surface area contributed by atoms with Gasteiger partial charge in [0.25, 0.3) is 0 Å². The van der Waals surface area contributed by atoms with Gasteiger partial charge >= 0.3 is 0 Å². The van der Waals surface area contributed by atoms with Gasteiger partial charge in [-0.3, -0.25) is 0 Å². The monoisotopic (exact) mass is 665 g/mol. The van der Waals surface area contributed by atoms with Gasteiger partial charge in [0, 0.05) is 38.2 Å². The van der Waals surface area contributed by atoms with Gasteiger partial charge in [-0.15, -0.1) is 0 Å². The van der Waals surface area contributed by atoms with E-state index in [4.69, 9.17) is 23.8 Å². The number of para-hydroxylation sites is 2. The van der Waals surface area contributed by atoms with E-state index in [1.54, 1.807) is 0 Å². The summed E-state index contributed by atoms with van der Waals surface area (Å²) in [4.78, 5) is 15.7. The van der Waals surface area contributed by atoms with Gasteiger partial charge < -0.3 is 8.83 Å². The molecule has 52 heavy (non-hydrogen) atoms. The SMILES string of the molecule is c1ccc(-c2cc(-c3nc(-c4ccc5c(c4)oc4ccccc45)nc(-c4cccc5oc6ccccc6c45)n3)cc3c2ccc2ccccc23)cc1. The minimum atomic E-state index is 0.562. The summed E-state index contributed by atoms with van der Waals surface area (Å²) in [7, 11) is 0. The summed E-state index contributed by atoms with van der Waals surface area (Å²) < 4.78 is 12.6. The molecule has 0 N–H and O–H groups in total. The molecule has 242 valence electrons. The quantitative estimate of drug-likeness (QED) is 0.175. The highest BCUT2D eigenvalue weighted by molar-refractivity contribution is 6.14. The van der Waals surface area contributed by atoms with Crippen LogP contribution in [0.2, 0.25) is 0 Å². The summed E-state index contributed by atoms with van der Waals surface area (Å²) in [5, 5.41) is 8.80. The largest absolute Gasteiger partial charge is 0.456 e. The van der Waals surface area contributed by atoms with E-state index in [-0.39, 0.29) is 0 Å². The molecule has 0 radical (unpaired) electrons. The molecule has 0 unspecified atom stereocenters. The van der Waals surface area contributed by atoms with Crippen molar-refractivity contribution in [2.45, 2.75) is 0 Å². The lowest BCUT2D eigenvalue weighted by Gasteiger charge is -2.14. The molecular formula is C47H27N3O2. The standard InChI is InChI=1S/C47H27N3O2/c1-2-11-28(12-3-1)38-25-31(26-39-32-14-5-4-13-29(32)21-23-33(38)39)46-48-45(30-22-24-35-34-15-6-8-18-40(34)52-43(35)27-30)49-47(50-46)37-17-10-20-42-44(37)36-16-7-9-19-41(36)51-42/h1-27H. The van der Waals surface area contributed by atoms with Crippen LogP contribution in [0.1, 0.15) is 0 Å². The van der Waals surface area contributed by atoms with Gasteiger partial charge in [-0.25, -0.2) is 15.0 Å². The van der Waals surface area contributed by atoms with Crippen LogP contribution in [0.25, 0.3) is 111 Å². The predicted molar refractivity (Wildman–Crippen MR) is 211 cm³/mol. The van der Waals surface area contributed by atoms with Crippen LogP contribution in [-0.2, 0) is 0 Å². The van der Waals surface area contributed by atoms with Gasteiger partial charge in [-0.1, -0.05) is 121 Å². The summed E-state index contributed by atoms with van der Waals surface area (Å²) in [6.07, 6.45) is 0. The van der Waals surface area contributed by atoms with Crippen LogP contribution in [0.3, 0.4) is 0 Å². The van der Waals surface area contributed by atoms with E-state index in [0.29, 0.717) is 17.5 Å². The first-order valence-electron chi connectivity index (χ1n) is 17.3. The lowest BCUT2D eigenvalue weighted by Crippen LogP contribution is -2.01. The molecule has 0 spiro atoms. The second-order valence-electron chi connectivity index (χ2n) is 13.2. The zero-order valence-corrected chi connectivity index (χ0v) is 27.7. The normalized spacial score (nSPS) is 11.8. The number of hydrogen-bond acceptors (Lipinski definition) is 5. The molecule has 11 aromatic rings. The molecule has 0 saturated heterocycles. The van der Waals surface area contributed by atoms with Crippen LogP contribution in [-0.4, -0.2) is 15.0 Å². The number of benzene rings is 8. The zero-order valence-electron chi connectivity index (χ0n) is 27.7.